The molecule has 3 rings (SSSR count). The molecule has 1 aromatic carbocycles. The number of ketones is 1. The van der Waals surface area contributed by atoms with E-state index in [-0.39, 0.29) is 11.2 Å². The Morgan fingerprint density at radius 2 is 1.75 bits per heavy atom. The molecule has 0 radical (unpaired) electrons. The van der Waals surface area contributed by atoms with E-state index in [1.54, 1.807) is 19.2 Å². The second kappa shape index (κ2) is 9.13. The van der Waals surface area contributed by atoms with Gasteiger partial charge in [0, 0.05) is 31.3 Å². The fourth-order valence-electron chi connectivity index (χ4n) is 4.61. The first-order valence-electron chi connectivity index (χ1n) is 10.4. The van der Waals surface area contributed by atoms with Crippen LogP contribution in [0.1, 0.15) is 38.2 Å². The molecule has 0 saturated carbocycles. The summed E-state index contributed by atoms with van der Waals surface area (Å²) in [5.74, 6) is 1.07. The molecule has 0 aromatic heterocycles. The average molecular weight is 442 g/mol. The number of nitriles is 1. The Balaban J connectivity index is 2.29. The van der Waals surface area contributed by atoms with E-state index in [0.29, 0.717) is 65.8 Å². The van der Waals surface area contributed by atoms with Crippen LogP contribution >= 0.6 is 0 Å². The third kappa shape index (κ3) is 4.00. The van der Waals surface area contributed by atoms with Crippen LogP contribution in [0, 0.1) is 16.7 Å². The number of ether oxygens (including phenoxy) is 4. The van der Waals surface area contributed by atoms with Gasteiger partial charge < -0.3 is 29.6 Å². The van der Waals surface area contributed by atoms with Crippen molar-refractivity contribution in [2.45, 2.75) is 32.6 Å². The second-order valence-electron chi connectivity index (χ2n) is 8.75. The monoisotopic (exact) mass is 441 g/mol. The largest absolute Gasteiger partial charge is 0.493 e. The quantitative estimate of drug-likeness (QED) is 0.688. The summed E-state index contributed by atoms with van der Waals surface area (Å²) in [5, 5.41) is 10.1. The predicted molar refractivity (Wildman–Crippen MR) is 119 cm³/mol. The van der Waals surface area contributed by atoms with Crippen LogP contribution in [0.25, 0.3) is 0 Å². The molecule has 2 N–H and O–H groups in total. The maximum absolute atomic E-state index is 13.5. The van der Waals surface area contributed by atoms with Crippen molar-refractivity contribution >= 4 is 5.78 Å². The summed E-state index contributed by atoms with van der Waals surface area (Å²) in [6, 6.07) is 5.81. The molecule has 0 amide bonds. The summed E-state index contributed by atoms with van der Waals surface area (Å²) in [7, 11) is 6.20. The zero-order valence-electron chi connectivity index (χ0n) is 19.6. The van der Waals surface area contributed by atoms with Crippen LogP contribution in [0.3, 0.4) is 0 Å². The number of rotatable bonds is 7. The lowest BCUT2D eigenvalue weighted by molar-refractivity contribution is -0.118. The van der Waals surface area contributed by atoms with E-state index in [9.17, 15) is 10.1 Å². The van der Waals surface area contributed by atoms with Crippen molar-refractivity contribution in [3.8, 4) is 23.3 Å². The molecule has 0 fully saturated rings. The highest BCUT2D eigenvalue weighted by molar-refractivity contribution is 6.00. The molecular weight excluding hydrogens is 410 g/mol. The minimum Gasteiger partial charge on any atom is -0.493 e. The minimum absolute atomic E-state index is 0.0117. The van der Waals surface area contributed by atoms with Crippen LogP contribution < -0.4 is 19.9 Å². The Kier molecular flexibility index (Phi) is 6.70. The normalized spacial score (nSPS) is 20.1. The summed E-state index contributed by atoms with van der Waals surface area (Å²) in [4.78, 5) is 15.3. The van der Waals surface area contributed by atoms with Gasteiger partial charge in [0.25, 0.3) is 0 Å². The Morgan fingerprint density at radius 3 is 2.25 bits per heavy atom. The van der Waals surface area contributed by atoms with Crippen molar-refractivity contribution in [2.24, 2.45) is 11.1 Å². The van der Waals surface area contributed by atoms with E-state index in [2.05, 4.69) is 19.9 Å². The van der Waals surface area contributed by atoms with Crippen molar-refractivity contribution in [1.82, 2.24) is 4.90 Å². The highest BCUT2D eigenvalue weighted by Crippen LogP contribution is 2.51. The van der Waals surface area contributed by atoms with Crippen LogP contribution in [0.5, 0.6) is 17.2 Å². The van der Waals surface area contributed by atoms with Gasteiger partial charge in [0.15, 0.2) is 17.3 Å². The number of carbonyl (C=O) groups is 1. The van der Waals surface area contributed by atoms with Crippen LogP contribution in [0.4, 0.5) is 0 Å². The smallest absolute Gasteiger partial charge is 0.203 e. The molecule has 8 nitrogen and oxygen atoms in total. The highest BCUT2D eigenvalue weighted by atomic mass is 16.5. The minimum atomic E-state index is -0.619. The van der Waals surface area contributed by atoms with Crippen LogP contribution in [0.15, 0.2) is 34.8 Å². The first kappa shape index (κ1) is 23.5. The Hall–Kier alpha value is -3.18. The van der Waals surface area contributed by atoms with Gasteiger partial charge in [-0.05, 0) is 29.5 Å². The summed E-state index contributed by atoms with van der Waals surface area (Å²) >= 11 is 0. The van der Waals surface area contributed by atoms with Crippen molar-refractivity contribution in [3.05, 3.63) is 40.4 Å². The number of Topliss-reactive ketones (excluding diaryl/α,β-unsaturated/α-hetero) is 1. The zero-order chi connectivity index (χ0) is 23.6. The van der Waals surface area contributed by atoms with Crippen molar-refractivity contribution in [3.63, 3.8) is 0 Å². The maximum atomic E-state index is 13.5. The lowest BCUT2D eigenvalue weighted by Gasteiger charge is -2.43. The number of carbonyl (C=O) groups excluding carboxylic acids is 1. The van der Waals surface area contributed by atoms with E-state index >= 15 is 0 Å². The van der Waals surface area contributed by atoms with Gasteiger partial charge in [-0.1, -0.05) is 13.8 Å². The molecule has 8 heteroatoms. The molecule has 0 unspecified atom stereocenters. The number of nitrogens with two attached hydrogens (primary N) is 1. The van der Waals surface area contributed by atoms with Crippen molar-refractivity contribution in [1.29, 1.82) is 5.26 Å². The lowest BCUT2D eigenvalue weighted by atomic mass is 9.68. The van der Waals surface area contributed by atoms with Gasteiger partial charge in [0.1, 0.15) is 5.82 Å². The predicted octanol–water partition coefficient (Wildman–Crippen LogP) is 3.10. The molecule has 1 aliphatic carbocycles. The number of methoxy groups -OCH3 is 4. The van der Waals surface area contributed by atoms with Crippen LogP contribution in [-0.4, -0.2) is 52.3 Å². The fraction of sp³-hybridized carbons (Fsp3) is 0.500. The van der Waals surface area contributed by atoms with E-state index in [4.69, 9.17) is 24.7 Å². The zero-order valence-corrected chi connectivity index (χ0v) is 19.6. The van der Waals surface area contributed by atoms with E-state index in [1.165, 1.54) is 21.3 Å². The average Bonchev–Trinajstić information content (AvgIpc) is 2.76. The fourth-order valence-corrected chi connectivity index (χ4v) is 4.61. The SMILES string of the molecule is COCCN1C(N)=C(C#N)[C@H](c2cc(OC)c(OC)c(OC)c2)C2=C1CC(C)(C)CC2=O. The number of benzene rings is 1. The summed E-state index contributed by atoms with van der Waals surface area (Å²) < 4.78 is 21.7. The van der Waals surface area contributed by atoms with Gasteiger partial charge in [-0.15, -0.1) is 0 Å². The topological polar surface area (TPSA) is 107 Å². The Bertz CT molecular complexity index is 994. The molecule has 1 aliphatic heterocycles. The summed E-state index contributed by atoms with van der Waals surface area (Å²) in [5.41, 5.74) is 8.77. The van der Waals surface area contributed by atoms with E-state index in [1.807, 2.05) is 4.90 Å². The third-order valence-electron chi connectivity index (χ3n) is 6.03. The molecular formula is C24H31N3O5. The van der Waals surface area contributed by atoms with E-state index < -0.39 is 5.92 Å². The van der Waals surface area contributed by atoms with Gasteiger partial charge in [-0.2, -0.15) is 5.26 Å². The van der Waals surface area contributed by atoms with Crippen molar-refractivity contribution in [2.75, 3.05) is 41.6 Å². The molecule has 32 heavy (non-hydrogen) atoms. The number of nitrogens with zero attached hydrogens (tertiary/aromatic N) is 2. The summed E-state index contributed by atoms with van der Waals surface area (Å²) in [6.07, 6.45) is 1.06. The van der Waals surface area contributed by atoms with Crippen molar-refractivity contribution < 1.29 is 23.7 Å². The molecule has 1 aromatic rings. The van der Waals surface area contributed by atoms with E-state index in [0.717, 1.165) is 5.70 Å². The van der Waals surface area contributed by atoms with Gasteiger partial charge >= 0.3 is 0 Å². The molecule has 2 aliphatic rings. The Morgan fingerprint density at radius 1 is 1.12 bits per heavy atom. The highest BCUT2D eigenvalue weighted by Gasteiger charge is 2.44. The van der Waals surface area contributed by atoms with Gasteiger partial charge in [0.2, 0.25) is 5.75 Å². The van der Waals surface area contributed by atoms with Gasteiger partial charge in [-0.25, -0.2) is 0 Å². The van der Waals surface area contributed by atoms with Gasteiger partial charge in [0.05, 0.1) is 45.5 Å². The molecule has 0 saturated heterocycles. The number of hydrogen-bond acceptors (Lipinski definition) is 8. The lowest BCUT2D eigenvalue weighted by Crippen LogP contribution is -2.43. The van der Waals surface area contributed by atoms with Gasteiger partial charge in [-0.3, -0.25) is 4.79 Å². The summed E-state index contributed by atoms with van der Waals surface area (Å²) in [6.45, 7) is 5.01. The number of hydrogen-bond donors (Lipinski definition) is 1. The Labute approximate surface area is 189 Å². The molecule has 0 spiro atoms. The molecule has 0 bridgehead atoms. The third-order valence-corrected chi connectivity index (χ3v) is 6.03. The molecule has 172 valence electrons. The first-order valence-corrected chi connectivity index (χ1v) is 10.4. The first-order chi connectivity index (χ1) is 15.2. The van der Waals surface area contributed by atoms with Crippen LogP contribution in [-0.2, 0) is 9.53 Å². The maximum Gasteiger partial charge on any atom is 0.203 e. The molecule has 1 heterocycles. The second-order valence-corrected chi connectivity index (χ2v) is 8.75. The molecule has 1 atom stereocenters. The standard InChI is InChI=1S/C24H31N3O5/c1-24(2)11-16-21(17(28)12-24)20(15(13-25)23(26)27(16)7-8-29-3)14-9-18(30-4)22(32-6)19(10-14)31-5/h9-10,20H,7-8,11-12,26H2,1-6H3/t20-/m0/s1. The number of allylic oxidation sites excluding steroid dienone is 3. The van der Waals surface area contributed by atoms with Crippen LogP contribution in [0.2, 0.25) is 0 Å².